The minimum absolute atomic E-state index is 0.771. The zero-order valence-electron chi connectivity index (χ0n) is 6.52. The highest BCUT2D eigenvalue weighted by Crippen LogP contribution is 2.36. The fourth-order valence-electron chi connectivity index (χ4n) is 1.82. The largest absolute Gasteiger partial charge is 0.179 e. The predicted molar refractivity (Wildman–Crippen MR) is 48.8 cm³/mol. The Morgan fingerprint density at radius 1 is 1.44 bits per heavy atom. The Hall–Kier alpha value is 0.567. The molecule has 1 saturated heterocycles. The van der Waals surface area contributed by atoms with Gasteiger partial charge in [-0.3, -0.25) is 0 Å². The highest BCUT2D eigenvalue weighted by Gasteiger charge is 2.37. The summed E-state index contributed by atoms with van der Waals surface area (Å²) in [7, 11) is -0.842. The molecule has 0 aromatic heterocycles. The Kier molecular flexibility index (Phi) is 1.97. The van der Waals surface area contributed by atoms with Crippen molar-refractivity contribution in [1.82, 2.24) is 0 Å². The van der Waals surface area contributed by atoms with E-state index in [9.17, 15) is 0 Å². The van der Waals surface area contributed by atoms with Gasteiger partial charge in [0.15, 0.2) is 0 Å². The van der Waals surface area contributed by atoms with Crippen LogP contribution in [-0.4, -0.2) is 12.9 Å². The molecule has 0 nitrogen and oxygen atoms in total. The number of hydrogen-bond acceptors (Lipinski definition) is 1. The van der Waals surface area contributed by atoms with E-state index in [4.69, 9.17) is 0 Å². The van der Waals surface area contributed by atoms with Crippen LogP contribution in [0, 0.1) is 5.92 Å². The molecule has 54 valence electrons. The maximum absolute atomic E-state index is 4.59. The molecule has 9 heavy (non-hydrogen) atoms. The molecule has 0 amide bonds. The van der Waals surface area contributed by atoms with E-state index in [-0.39, 0.29) is 0 Å². The van der Waals surface area contributed by atoms with E-state index in [0.29, 0.717) is 0 Å². The molecule has 1 aliphatic rings. The van der Waals surface area contributed by atoms with Gasteiger partial charge in [-0.15, -0.1) is 0 Å². The molecular formula is C7H16SSi. The lowest BCUT2D eigenvalue weighted by molar-refractivity contribution is 0.652. The fraction of sp³-hybridized carbons (Fsp3) is 1.00. The smallest absolute Gasteiger partial charge is 0.0617 e. The van der Waals surface area contributed by atoms with Gasteiger partial charge in [0, 0.05) is 0 Å². The zero-order valence-corrected chi connectivity index (χ0v) is 8.41. The lowest BCUT2D eigenvalue weighted by Gasteiger charge is -2.18. The Balaban J connectivity index is 2.58. The number of rotatable bonds is 0. The SMILES string of the molecule is CC1CC(S)[Si](C)(C)C1. The molecule has 1 rings (SSSR count). The van der Waals surface area contributed by atoms with Crippen LogP contribution < -0.4 is 0 Å². The van der Waals surface area contributed by atoms with Crippen LogP contribution in [0.1, 0.15) is 13.3 Å². The van der Waals surface area contributed by atoms with Gasteiger partial charge in [0.1, 0.15) is 0 Å². The van der Waals surface area contributed by atoms with Crippen LogP contribution in [0.5, 0.6) is 0 Å². The van der Waals surface area contributed by atoms with Gasteiger partial charge in [-0.25, -0.2) is 0 Å². The molecule has 0 saturated carbocycles. The Labute approximate surface area is 64.5 Å². The highest BCUT2D eigenvalue weighted by atomic mass is 32.1. The van der Waals surface area contributed by atoms with Gasteiger partial charge in [0.05, 0.1) is 8.07 Å². The number of hydrogen-bond donors (Lipinski definition) is 1. The molecule has 0 radical (unpaired) electrons. The molecule has 1 aliphatic heterocycles. The van der Waals surface area contributed by atoms with Gasteiger partial charge in [0.25, 0.3) is 0 Å². The van der Waals surface area contributed by atoms with E-state index in [1.54, 1.807) is 0 Å². The molecule has 0 bridgehead atoms. The van der Waals surface area contributed by atoms with E-state index in [1.165, 1.54) is 12.5 Å². The molecule has 0 aliphatic carbocycles. The minimum atomic E-state index is -0.842. The fourth-order valence-corrected chi connectivity index (χ4v) is 5.77. The third-order valence-electron chi connectivity index (χ3n) is 2.40. The second-order valence-electron chi connectivity index (χ2n) is 4.05. The van der Waals surface area contributed by atoms with Crippen LogP contribution in [0.2, 0.25) is 19.1 Å². The van der Waals surface area contributed by atoms with Crippen molar-refractivity contribution in [2.24, 2.45) is 5.92 Å². The van der Waals surface area contributed by atoms with Crippen molar-refractivity contribution in [3.63, 3.8) is 0 Å². The normalized spacial score (nSPS) is 41.3. The first-order valence-corrected chi connectivity index (χ1v) is 7.50. The Morgan fingerprint density at radius 3 is 2.11 bits per heavy atom. The van der Waals surface area contributed by atoms with E-state index >= 15 is 0 Å². The van der Waals surface area contributed by atoms with Crippen LogP contribution in [0.25, 0.3) is 0 Å². The molecule has 0 spiro atoms. The maximum Gasteiger partial charge on any atom is 0.0617 e. The zero-order chi connectivity index (χ0) is 7.07. The summed E-state index contributed by atoms with van der Waals surface area (Å²) in [6, 6.07) is 1.49. The van der Waals surface area contributed by atoms with Crippen molar-refractivity contribution < 1.29 is 0 Å². The van der Waals surface area contributed by atoms with E-state index in [1.807, 2.05) is 0 Å². The summed E-state index contributed by atoms with van der Waals surface area (Å²) in [4.78, 5) is 0.771. The second-order valence-corrected chi connectivity index (χ2v) is 10.2. The van der Waals surface area contributed by atoms with Gasteiger partial charge >= 0.3 is 0 Å². The lowest BCUT2D eigenvalue weighted by atomic mass is 10.2. The van der Waals surface area contributed by atoms with Crippen LogP contribution in [-0.2, 0) is 0 Å². The van der Waals surface area contributed by atoms with E-state index in [2.05, 4.69) is 32.6 Å². The van der Waals surface area contributed by atoms with E-state index in [0.717, 1.165) is 10.8 Å². The predicted octanol–water partition coefficient (Wildman–Crippen LogP) is 2.57. The maximum atomic E-state index is 4.59. The molecule has 1 heterocycles. The first-order valence-electron chi connectivity index (χ1n) is 3.70. The first kappa shape index (κ1) is 7.67. The van der Waals surface area contributed by atoms with Gasteiger partial charge in [-0.1, -0.05) is 26.1 Å². The average Bonchev–Trinajstić information content (AvgIpc) is 1.79. The topological polar surface area (TPSA) is 0 Å². The van der Waals surface area contributed by atoms with Crippen LogP contribution >= 0.6 is 12.6 Å². The molecule has 0 N–H and O–H groups in total. The third-order valence-corrected chi connectivity index (χ3v) is 8.50. The molecule has 0 aromatic carbocycles. The van der Waals surface area contributed by atoms with Crippen molar-refractivity contribution in [2.75, 3.05) is 0 Å². The van der Waals surface area contributed by atoms with Crippen molar-refractivity contribution in [3.05, 3.63) is 0 Å². The van der Waals surface area contributed by atoms with Gasteiger partial charge in [0.2, 0.25) is 0 Å². The summed E-state index contributed by atoms with van der Waals surface area (Å²) >= 11 is 4.59. The molecule has 1 fully saturated rings. The summed E-state index contributed by atoms with van der Waals surface area (Å²) in [5.74, 6) is 0.953. The van der Waals surface area contributed by atoms with Crippen LogP contribution in [0.4, 0.5) is 0 Å². The summed E-state index contributed by atoms with van der Waals surface area (Å²) < 4.78 is 0. The van der Waals surface area contributed by atoms with Gasteiger partial charge in [-0.2, -0.15) is 12.6 Å². The van der Waals surface area contributed by atoms with Gasteiger partial charge < -0.3 is 0 Å². The Bertz CT molecular complexity index is 111. The standard InChI is InChI=1S/C7H16SSi/c1-6-4-7(8)9(2,3)5-6/h6-8H,4-5H2,1-3H3. The molecule has 2 unspecified atom stereocenters. The monoisotopic (exact) mass is 160 g/mol. The van der Waals surface area contributed by atoms with Crippen molar-refractivity contribution in [1.29, 1.82) is 0 Å². The average molecular weight is 160 g/mol. The Morgan fingerprint density at radius 2 is 2.00 bits per heavy atom. The van der Waals surface area contributed by atoms with Crippen LogP contribution in [0.15, 0.2) is 0 Å². The molecule has 0 aromatic rings. The third kappa shape index (κ3) is 1.52. The first-order chi connectivity index (χ1) is 4.02. The summed E-state index contributed by atoms with van der Waals surface area (Å²) in [5.41, 5.74) is 0. The molecule has 2 atom stereocenters. The molecule has 2 heteroatoms. The summed E-state index contributed by atoms with van der Waals surface area (Å²) in [6.45, 7) is 7.26. The van der Waals surface area contributed by atoms with Crippen molar-refractivity contribution in [2.45, 2.75) is 37.4 Å². The minimum Gasteiger partial charge on any atom is -0.179 e. The van der Waals surface area contributed by atoms with Crippen LogP contribution in [0.3, 0.4) is 0 Å². The summed E-state index contributed by atoms with van der Waals surface area (Å²) in [6.07, 6.45) is 1.36. The van der Waals surface area contributed by atoms with E-state index < -0.39 is 8.07 Å². The van der Waals surface area contributed by atoms with Crippen molar-refractivity contribution >= 4 is 20.7 Å². The number of thiol groups is 1. The second kappa shape index (κ2) is 2.31. The van der Waals surface area contributed by atoms with Gasteiger partial charge in [-0.05, 0) is 17.2 Å². The summed E-state index contributed by atoms with van der Waals surface area (Å²) in [5, 5.41) is 0. The quantitative estimate of drug-likeness (QED) is 0.409. The highest BCUT2D eigenvalue weighted by molar-refractivity contribution is 7.83. The van der Waals surface area contributed by atoms with Crippen molar-refractivity contribution in [3.8, 4) is 0 Å². The lowest BCUT2D eigenvalue weighted by Crippen LogP contribution is -2.31. The molecular weight excluding hydrogens is 144 g/mol.